The molecule has 2 heterocycles. The molecule has 0 bridgehead atoms. The first kappa shape index (κ1) is 12.2. The summed E-state index contributed by atoms with van der Waals surface area (Å²) in [5, 5.41) is 0. The van der Waals surface area contributed by atoms with E-state index < -0.39 is 0 Å². The summed E-state index contributed by atoms with van der Waals surface area (Å²) in [6.07, 6.45) is 9.29. The van der Waals surface area contributed by atoms with Crippen molar-refractivity contribution in [1.82, 2.24) is 9.97 Å². The van der Waals surface area contributed by atoms with Gasteiger partial charge in [0.2, 0.25) is 0 Å². The van der Waals surface area contributed by atoms with E-state index in [1.807, 2.05) is 33.7 Å². The van der Waals surface area contributed by atoms with Crippen molar-refractivity contribution in [3.8, 4) is 0 Å². The lowest BCUT2D eigenvalue weighted by atomic mass is 10.3. The molecule has 0 amide bonds. The lowest BCUT2D eigenvalue weighted by molar-refractivity contribution is -0.696. The molecule has 2 rings (SSSR count). The van der Waals surface area contributed by atoms with Crippen molar-refractivity contribution >= 4 is 11.9 Å². The fraction of sp³-hybridized carbons (Fsp3) is 0.333. The van der Waals surface area contributed by atoms with Crippen LogP contribution < -0.4 is 20.6 Å². The number of aromatic nitrogens is 4. The van der Waals surface area contributed by atoms with Gasteiger partial charge in [0.25, 0.3) is 0 Å². The van der Waals surface area contributed by atoms with Crippen molar-refractivity contribution in [2.75, 3.05) is 11.5 Å². The van der Waals surface area contributed by atoms with E-state index in [-0.39, 0.29) is 0 Å². The number of nitrogens with two attached hydrogens (primary N) is 2. The van der Waals surface area contributed by atoms with Gasteiger partial charge in [-0.3, -0.25) is 11.5 Å². The largest absolute Gasteiger partial charge is 0.389 e. The fourth-order valence-electron chi connectivity index (χ4n) is 1.77. The van der Waals surface area contributed by atoms with E-state index >= 15 is 0 Å². The molecule has 0 aliphatic rings. The zero-order chi connectivity index (χ0) is 12.8. The maximum Gasteiger partial charge on any atom is 0.389 e. The smallest absolute Gasteiger partial charge is 0.287 e. The Morgan fingerprint density at radius 1 is 0.833 bits per heavy atom. The van der Waals surface area contributed by atoms with Gasteiger partial charge in [-0.05, 0) is 12.8 Å². The Morgan fingerprint density at radius 3 is 1.67 bits per heavy atom. The van der Waals surface area contributed by atoms with Crippen LogP contribution in [0.3, 0.4) is 0 Å². The summed E-state index contributed by atoms with van der Waals surface area (Å²) in [4.78, 5) is 8.07. The summed E-state index contributed by atoms with van der Waals surface area (Å²) >= 11 is 0. The summed E-state index contributed by atoms with van der Waals surface area (Å²) in [5.74, 6) is 1.09. The monoisotopic (exact) mass is 246 g/mol. The van der Waals surface area contributed by atoms with Crippen LogP contribution in [0.25, 0.3) is 0 Å². The van der Waals surface area contributed by atoms with Crippen molar-refractivity contribution < 1.29 is 9.13 Å². The number of aryl methyl sites for hydroxylation is 2. The molecule has 0 aliphatic carbocycles. The van der Waals surface area contributed by atoms with Crippen molar-refractivity contribution in [3.63, 3.8) is 0 Å². The fourth-order valence-corrected chi connectivity index (χ4v) is 1.77. The van der Waals surface area contributed by atoms with Gasteiger partial charge in [-0.15, -0.1) is 0 Å². The molecule has 0 saturated carbocycles. The molecule has 0 saturated heterocycles. The van der Waals surface area contributed by atoms with Gasteiger partial charge in [-0.2, -0.15) is 0 Å². The van der Waals surface area contributed by atoms with Crippen LogP contribution >= 0.6 is 0 Å². The first-order valence-corrected chi connectivity index (χ1v) is 5.97. The van der Waals surface area contributed by atoms with E-state index in [2.05, 4.69) is 9.97 Å². The molecule has 4 N–H and O–H groups in total. The van der Waals surface area contributed by atoms with Gasteiger partial charge in [-0.1, -0.05) is 9.97 Å². The predicted molar refractivity (Wildman–Crippen MR) is 66.9 cm³/mol. The topological polar surface area (TPSA) is 85.6 Å². The second-order valence-corrected chi connectivity index (χ2v) is 4.05. The zero-order valence-corrected chi connectivity index (χ0v) is 10.2. The molecule has 0 atom stereocenters. The summed E-state index contributed by atoms with van der Waals surface area (Å²) < 4.78 is 3.88. The van der Waals surface area contributed by atoms with Gasteiger partial charge >= 0.3 is 11.9 Å². The van der Waals surface area contributed by atoms with E-state index in [0.717, 1.165) is 25.9 Å². The Labute approximate surface area is 106 Å². The number of nitrogen functional groups attached to an aromatic ring is 2. The minimum Gasteiger partial charge on any atom is -0.287 e. The van der Waals surface area contributed by atoms with Crippen molar-refractivity contribution in [3.05, 3.63) is 36.9 Å². The molecule has 6 nitrogen and oxygen atoms in total. The molecule has 0 aromatic carbocycles. The van der Waals surface area contributed by atoms with E-state index in [1.54, 1.807) is 12.4 Å². The highest BCUT2D eigenvalue weighted by molar-refractivity contribution is 5.03. The summed E-state index contributed by atoms with van der Waals surface area (Å²) in [7, 11) is 0. The van der Waals surface area contributed by atoms with Gasteiger partial charge in [0.15, 0.2) is 0 Å². The summed E-state index contributed by atoms with van der Waals surface area (Å²) in [6, 6.07) is 3.76. The highest BCUT2D eigenvalue weighted by Crippen LogP contribution is 1.93. The number of nitrogens with zero attached hydrogens (tertiary/aromatic N) is 4. The lowest BCUT2D eigenvalue weighted by Gasteiger charge is -2.03. The van der Waals surface area contributed by atoms with Gasteiger partial charge in [0.05, 0.1) is 25.5 Å². The van der Waals surface area contributed by atoms with Crippen LogP contribution in [0.1, 0.15) is 12.8 Å². The van der Waals surface area contributed by atoms with Crippen LogP contribution in [0, 0.1) is 0 Å². The lowest BCUT2D eigenvalue weighted by Crippen LogP contribution is -2.40. The van der Waals surface area contributed by atoms with Gasteiger partial charge < -0.3 is 0 Å². The molecule has 0 unspecified atom stereocenters. The van der Waals surface area contributed by atoms with Gasteiger partial charge in [0.1, 0.15) is 12.4 Å². The van der Waals surface area contributed by atoms with Gasteiger partial charge in [0, 0.05) is 12.1 Å². The first-order chi connectivity index (χ1) is 8.77. The van der Waals surface area contributed by atoms with Crippen molar-refractivity contribution in [2.24, 2.45) is 0 Å². The molecule has 0 spiro atoms. The zero-order valence-electron chi connectivity index (χ0n) is 10.2. The molecule has 0 fully saturated rings. The second kappa shape index (κ2) is 5.90. The van der Waals surface area contributed by atoms with Crippen molar-refractivity contribution in [2.45, 2.75) is 25.9 Å². The van der Waals surface area contributed by atoms with E-state index in [4.69, 9.17) is 11.5 Å². The van der Waals surface area contributed by atoms with Crippen LogP contribution in [0.4, 0.5) is 11.9 Å². The Balaban J connectivity index is 1.80. The van der Waals surface area contributed by atoms with Crippen LogP contribution in [-0.2, 0) is 13.1 Å². The molecule has 18 heavy (non-hydrogen) atoms. The first-order valence-electron chi connectivity index (χ1n) is 5.97. The van der Waals surface area contributed by atoms with Crippen LogP contribution in [0.2, 0.25) is 0 Å². The Bertz CT molecular complexity index is 466. The van der Waals surface area contributed by atoms with Crippen LogP contribution in [0.15, 0.2) is 36.9 Å². The number of hydrogen-bond donors (Lipinski definition) is 2. The standard InChI is InChI=1S/C12H16N6/c13-11-15-5-3-9-17(11)7-1-2-8-18-10-4-6-16-12(18)14/h3-6,9-10,13-14H,1-2,7-8H2/p+2. The minimum absolute atomic E-state index is 0.547. The molecule has 0 radical (unpaired) electrons. The highest BCUT2D eigenvalue weighted by Gasteiger charge is 2.06. The maximum absolute atomic E-state index is 5.75. The molecule has 0 aliphatic heterocycles. The van der Waals surface area contributed by atoms with Crippen LogP contribution in [0.5, 0.6) is 0 Å². The SMILES string of the molecule is Nc1nccc[n+]1CCCC[n+]1cccnc1N. The third-order valence-electron chi connectivity index (χ3n) is 2.75. The molecular weight excluding hydrogens is 228 g/mol. The minimum atomic E-state index is 0.547. The average molecular weight is 246 g/mol. The number of anilines is 2. The van der Waals surface area contributed by atoms with E-state index in [9.17, 15) is 0 Å². The quantitative estimate of drug-likeness (QED) is 0.560. The van der Waals surface area contributed by atoms with E-state index in [1.165, 1.54) is 0 Å². The molecule has 2 aromatic heterocycles. The molecular formula is C12H18N6+2. The third-order valence-corrected chi connectivity index (χ3v) is 2.75. The number of unbranched alkanes of at least 4 members (excludes halogenated alkanes) is 1. The Morgan fingerprint density at radius 2 is 1.28 bits per heavy atom. The summed E-state index contributed by atoms with van der Waals surface area (Å²) in [5.41, 5.74) is 11.5. The second-order valence-electron chi connectivity index (χ2n) is 4.05. The van der Waals surface area contributed by atoms with Gasteiger partial charge in [-0.25, -0.2) is 9.13 Å². The third kappa shape index (κ3) is 3.13. The number of rotatable bonds is 5. The number of hydrogen-bond acceptors (Lipinski definition) is 4. The average Bonchev–Trinajstić information content (AvgIpc) is 2.38. The van der Waals surface area contributed by atoms with E-state index in [0.29, 0.717) is 11.9 Å². The molecule has 2 aromatic rings. The Hall–Kier alpha value is -2.24. The molecule has 6 heteroatoms. The molecule has 94 valence electrons. The van der Waals surface area contributed by atoms with Crippen LogP contribution in [-0.4, -0.2) is 9.97 Å². The van der Waals surface area contributed by atoms with Crippen molar-refractivity contribution in [1.29, 1.82) is 0 Å². The highest BCUT2D eigenvalue weighted by atomic mass is 15.1. The summed E-state index contributed by atoms with van der Waals surface area (Å²) in [6.45, 7) is 1.72. The maximum atomic E-state index is 5.75. The Kier molecular flexibility index (Phi) is 4.01. The predicted octanol–water partition coefficient (Wildman–Crippen LogP) is -0.304. The normalized spacial score (nSPS) is 10.4.